The first-order valence-electron chi connectivity index (χ1n) is 7.83. The summed E-state index contributed by atoms with van der Waals surface area (Å²) in [6, 6.07) is 21.4. The molecule has 0 unspecified atom stereocenters. The zero-order valence-corrected chi connectivity index (χ0v) is 13.9. The molecule has 0 aliphatic heterocycles. The highest BCUT2D eigenvalue weighted by atomic mass is 35.5. The highest BCUT2D eigenvalue weighted by molar-refractivity contribution is 6.30. The molecule has 1 N–H and O–H groups in total. The Balaban J connectivity index is 1.45. The van der Waals surface area contributed by atoms with Crippen molar-refractivity contribution in [3.63, 3.8) is 0 Å². The first-order valence-corrected chi connectivity index (χ1v) is 8.21. The number of hydrogen-bond acceptors (Lipinski definition) is 2. The number of fused-ring (bicyclic) bond motifs is 1. The van der Waals surface area contributed by atoms with Crippen molar-refractivity contribution in [2.24, 2.45) is 0 Å². The first kappa shape index (κ1) is 16.3. The van der Waals surface area contributed by atoms with E-state index in [9.17, 15) is 4.79 Å². The van der Waals surface area contributed by atoms with Crippen LogP contribution in [0, 0.1) is 0 Å². The number of amides is 1. The van der Waals surface area contributed by atoms with Crippen molar-refractivity contribution < 1.29 is 9.53 Å². The van der Waals surface area contributed by atoms with Crippen LogP contribution in [0.5, 0.6) is 5.75 Å². The number of carbonyl (C=O) groups excluding carboxylic acids is 1. The second kappa shape index (κ2) is 7.84. The minimum Gasteiger partial charge on any atom is -0.492 e. The normalized spacial score (nSPS) is 10.5. The molecule has 0 aliphatic carbocycles. The Morgan fingerprint density at radius 1 is 0.958 bits per heavy atom. The quantitative estimate of drug-likeness (QED) is 0.682. The van der Waals surface area contributed by atoms with E-state index in [1.165, 1.54) is 5.39 Å². The molecule has 0 atom stereocenters. The highest BCUT2D eigenvalue weighted by Gasteiger charge is 2.03. The molecule has 24 heavy (non-hydrogen) atoms. The lowest BCUT2D eigenvalue weighted by Crippen LogP contribution is -2.29. The third-order valence-corrected chi connectivity index (χ3v) is 3.90. The van der Waals surface area contributed by atoms with Gasteiger partial charge >= 0.3 is 0 Å². The Labute approximate surface area is 146 Å². The van der Waals surface area contributed by atoms with Gasteiger partial charge in [-0.2, -0.15) is 0 Å². The van der Waals surface area contributed by atoms with E-state index >= 15 is 0 Å². The van der Waals surface area contributed by atoms with Crippen molar-refractivity contribution >= 4 is 28.3 Å². The lowest BCUT2D eigenvalue weighted by molar-refractivity contribution is -0.120. The van der Waals surface area contributed by atoms with E-state index in [0.29, 0.717) is 24.6 Å². The maximum absolute atomic E-state index is 11.9. The summed E-state index contributed by atoms with van der Waals surface area (Å²) in [5.74, 6) is 0.761. The average molecular weight is 340 g/mol. The van der Waals surface area contributed by atoms with E-state index < -0.39 is 0 Å². The molecule has 4 heteroatoms. The fraction of sp³-hybridized carbons (Fsp3) is 0.150. The largest absolute Gasteiger partial charge is 0.492 e. The summed E-state index contributed by atoms with van der Waals surface area (Å²) < 4.78 is 5.70. The molecular formula is C20H18ClNO2. The van der Waals surface area contributed by atoms with Gasteiger partial charge in [0.05, 0.1) is 13.0 Å². The molecule has 0 radical (unpaired) electrons. The number of rotatable bonds is 6. The molecule has 0 saturated carbocycles. The van der Waals surface area contributed by atoms with Gasteiger partial charge in [0.15, 0.2) is 0 Å². The second-order valence-electron chi connectivity index (χ2n) is 5.51. The SMILES string of the molecule is O=C(Cc1cccc(Cl)c1)NCCOc1ccc2ccccc2c1. The number of nitrogens with one attached hydrogen (secondary N) is 1. The van der Waals surface area contributed by atoms with Crippen molar-refractivity contribution in [3.05, 3.63) is 77.3 Å². The molecular weight excluding hydrogens is 322 g/mol. The molecule has 3 aromatic rings. The van der Waals surface area contributed by atoms with Crippen molar-refractivity contribution in [3.8, 4) is 5.75 Å². The van der Waals surface area contributed by atoms with Crippen LogP contribution in [0.3, 0.4) is 0 Å². The molecule has 3 nitrogen and oxygen atoms in total. The Morgan fingerprint density at radius 3 is 2.62 bits per heavy atom. The summed E-state index contributed by atoms with van der Waals surface area (Å²) in [4.78, 5) is 11.9. The van der Waals surface area contributed by atoms with Gasteiger partial charge in [-0.15, -0.1) is 0 Å². The lowest BCUT2D eigenvalue weighted by Gasteiger charge is -2.09. The third-order valence-electron chi connectivity index (χ3n) is 3.67. The van der Waals surface area contributed by atoms with Crippen LogP contribution in [0.1, 0.15) is 5.56 Å². The fourth-order valence-electron chi connectivity index (χ4n) is 2.51. The fourth-order valence-corrected chi connectivity index (χ4v) is 2.72. The molecule has 0 saturated heterocycles. The molecule has 0 spiro atoms. The zero-order chi connectivity index (χ0) is 16.8. The number of carbonyl (C=O) groups is 1. The standard InChI is InChI=1S/C20H18ClNO2/c21-18-7-3-4-15(12-18)13-20(23)22-10-11-24-19-9-8-16-5-1-2-6-17(16)14-19/h1-9,12,14H,10-11,13H2,(H,22,23). The Morgan fingerprint density at radius 2 is 1.79 bits per heavy atom. The Kier molecular flexibility index (Phi) is 5.34. The van der Waals surface area contributed by atoms with Gasteiger partial charge < -0.3 is 10.1 Å². The molecule has 0 fully saturated rings. The summed E-state index contributed by atoms with van der Waals surface area (Å²) in [6.07, 6.45) is 0.316. The smallest absolute Gasteiger partial charge is 0.224 e. The van der Waals surface area contributed by atoms with Gasteiger partial charge in [-0.1, -0.05) is 54.1 Å². The number of ether oxygens (including phenoxy) is 1. The summed E-state index contributed by atoms with van der Waals surface area (Å²) in [5.41, 5.74) is 0.899. The van der Waals surface area contributed by atoms with Crippen molar-refractivity contribution in [2.45, 2.75) is 6.42 Å². The summed E-state index contributed by atoms with van der Waals surface area (Å²) >= 11 is 5.91. The highest BCUT2D eigenvalue weighted by Crippen LogP contribution is 2.20. The maximum atomic E-state index is 11.9. The van der Waals surface area contributed by atoms with Gasteiger partial charge in [-0.05, 0) is 40.6 Å². The topological polar surface area (TPSA) is 38.3 Å². The average Bonchev–Trinajstić information content (AvgIpc) is 2.58. The van der Waals surface area contributed by atoms with Crippen LogP contribution in [-0.4, -0.2) is 19.1 Å². The molecule has 122 valence electrons. The molecule has 0 bridgehead atoms. The lowest BCUT2D eigenvalue weighted by atomic mass is 10.1. The van der Waals surface area contributed by atoms with E-state index in [2.05, 4.69) is 17.4 Å². The van der Waals surface area contributed by atoms with Gasteiger partial charge in [0.1, 0.15) is 12.4 Å². The molecule has 0 heterocycles. The van der Waals surface area contributed by atoms with Gasteiger partial charge in [0.2, 0.25) is 5.91 Å². The summed E-state index contributed by atoms with van der Waals surface area (Å²) in [7, 11) is 0. The van der Waals surface area contributed by atoms with Crippen LogP contribution in [0.4, 0.5) is 0 Å². The predicted molar refractivity (Wildman–Crippen MR) is 97.6 cm³/mol. The number of halogens is 1. The van der Waals surface area contributed by atoms with Gasteiger partial charge in [-0.3, -0.25) is 4.79 Å². The van der Waals surface area contributed by atoms with Crippen LogP contribution < -0.4 is 10.1 Å². The van der Waals surface area contributed by atoms with Gasteiger partial charge in [0, 0.05) is 5.02 Å². The van der Waals surface area contributed by atoms with Crippen LogP contribution >= 0.6 is 11.6 Å². The molecule has 3 aromatic carbocycles. The molecule has 3 rings (SSSR count). The minimum absolute atomic E-state index is 0.0422. The summed E-state index contributed by atoms with van der Waals surface area (Å²) in [5, 5.41) is 5.81. The van der Waals surface area contributed by atoms with Crippen LogP contribution in [0.25, 0.3) is 10.8 Å². The van der Waals surface area contributed by atoms with Gasteiger partial charge in [-0.25, -0.2) is 0 Å². The second-order valence-corrected chi connectivity index (χ2v) is 5.95. The summed E-state index contributed by atoms with van der Waals surface area (Å²) in [6.45, 7) is 0.895. The third kappa shape index (κ3) is 4.49. The van der Waals surface area contributed by atoms with Crippen molar-refractivity contribution in [1.29, 1.82) is 0 Å². The van der Waals surface area contributed by atoms with E-state index in [0.717, 1.165) is 16.7 Å². The molecule has 0 aromatic heterocycles. The maximum Gasteiger partial charge on any atom is 0.224 e. The monoisotopic (exact) mass is 339 g/mol. The predicted octanol–water partition coefficient (Wildman–Crippen LogP) is 4.23. The zero-order valence-electron chi connectivity index (χ0n) is 13.2. The van der Waals surface area contributed by atoms with Gasteiger partial charge in [0.25, 0.3) is 0 Å². The van der Waals surface area contributed by atoms with E-state index in [1.54, 1.807) is 12.1 Å². The van der Waals surface area contributed by atoms with E-state index in [4.69, 9.17) is 16.3 Å². The van der Waals surface area contributed by atoms with Crippen molar-refractivity contribution in [2.75, 3.05) is 13.2 Å². The molecule has 0 aliphatic rings. The Bertz CT molecular complexity index is 848. The van der Waals surface area contributed by atoms with E-state index in [-0.39, 0.29) is 5.91 Å². The minimum atomic E-state index is -0.0422. The van der Waals surface area contributed by atoms with Crippen LogP contribution in [-0.2, 0) is 11.2 Å². The van der Waals surface area contributed by atoms with Crippen LogP contribution in [0.2, 0.25) is 5.02 Å². The number of hydrogen-bond donors (Lipinski definition) is 1. The van der Waals surface area contributed by atoms with Crippen molar-refractivity contribution in [1.82, 2.24) is 5.32 Å². The number of benzene rings is 3. The first-order chi connectivity index (χ1) is 11.7. The van der Waals surface area contributed by atoms with Crippen LogP contribution in [0.15, 0.2) is 66.7 Å². The van der Waals surface area contributed by atoms with E-state index in [1.807, 2.05) is 42.5 Å². The molecule has 1 amide bonds. The Hall–Kier alpha value is -2.52.